The van der Waals surface area contributed by atoms with Crippen LogP contribution in [0.1, 0.15) is 29.9 Å². The van der Waals surface area contributed by atoms with Crippen molar-refractivity contribution in [1.82, 2.24) is 10.3 Å². The van der Waals surface area contributed by atoms with Crippen LogP contribution in [0.2, 0.25) is 0 Å². The van der Waals surface area contributed by atoms with E-state index in [0.717, 1.165) is 0 Å². The smallest absolute Gasteiger partial charge is 0.260 e. The van der Waals surface area contributed by atoms with Gasteiger partial charge in [0.15, 0.2) is 0 Å². The molecular weight excluding hydrogens is 220 g/mol. The topological polar surface area (TPSA) is 82.2 Å². The molecule has 0 aliphatic rings. The molecule has 0 saturated carbocycles. The number of aromatic nitrogens is 1. The lowest BCUT2D eigenvalue weighted by molar-refractivity contribution is 0.0895. The molecule has 0 aromatic carbocycles. The summed E-state index contributed by atoms with van der Waals surface area (Å²) < 4.78 is 0. The summed E-state index contributed by atoms with van der Waals surface area (Å²) in [5.74, 6) is -0.354. The first-order valence-electron chi connectivity index (χ1n) is 5.57. The minimum Gasteiger partial charge on any atom is -0.394 e. The highest BCUT2D eigenvalue weighted by atomic mass is 16.3. The summed E-state index contributed by atoms with van der Waals surface area (Å²) in [4.78, 5) is 25.9. The molecule has 0 bridgehead atoms. The summed E-state index contributed by atoms with van der Waals surface area (Å²) in [5.41, 5.74) is 0.353. The van der Waals surface area contributed by atoms with E-state index in [-0.39, 0.29) is 24.1 Å². The second kappa shape index (κ2) is 5.63. The maximum Gasteiger partial charge on any atom is 0.260 e. The van der Waals surface area contributed by atoms with E-state index in [4.69, 9.17) is 5.11 Å². The van der Waals surface area contributed by atoms with E-state index in [1.165, 1.54) is 6.07 Å². The van der Waals surface area contributed by atoms with Crippen LogP contribution in [-0.2, 0) is 0 Å². The van der Waals surface area contributed by atoms with Crippen LogP contribution in [0.15, 0.2) is 16.9 Å². The number of aliphatic hydroxyl groups excluding tert-OH is 1. The molecule has 94 valence electrons. The first-order valence-corrected chi connectivity index (χ1v) is 5.57. The molecule has 1 unspecified atom stereocenters. The van der Waals surface area contributed by atoms with Gasteiger partial charge < -0.3 is 15.4 Å². The molecule has 1 amide bonds. The minimum atomic E-state index is -0.459. The molecule has 3 N–H and O–H groups in total. The predicted molar refractivity (Wildman–Crippen MR) is 65.0 cm³/mol. The number of nitrogens with one attached hydrogen (secondary N) is 2. The molecule has 1 aromatic heterocycles. The van der Waals surface area contributed by atoms with Crippen molar-refractivity contribution >= 4 is 5.91 Å². The maximum atomic E-state index is 11.8. The van der Waals surface area contributed by atoms with Gasteiger partial charge in [0.2, 0.25) is 0 Å². The van der Waals surface area contributed by atoms with Crippen molar-refractivity contribution in [2.75, 3.05) is 6.61 Å². The fraction of sp³-hybridized carbons (Fsp3) is 0.500. The normalized spacial score (nSPS) is 12.5. The van der Waals surface area contributed by atoms with Gasteiger partial charge in [-0.1, -0.05) is 13.8 Å². The lowest BCUT2D eigenvalue weighted by atomic mass is 10.1. The molecule has 1 atom stereocenters. The zero-order valence-electron chi connectivity index (χ0n) is 10.3. The second-order valence-electron chi connectivity index (χ2n) is 4.39. The van der Waals surface area contributed by atoms with E-state index in [1.54, 1.807) is 13.0 Å². The highest BCUT2D eigenvalue weighted by Crippen LogP contribution is 2.02. The summed E-state index contributed by atoms with van der Waals surface area (Å²) in [7, 11) is 0. The van der Waals surface area contributed by atoms with Crippen molar-refractivity contribution in [3.63, 3.8) is 0 Å². The molecular formula is C12H18N2O3. The standard InChI is InChI=1S/C12H18N2O3/c1-7(2)10(6-15)14-12(17)9-5-4-8(3)13-11(9)16/h4-5,7,10,15H,6H2,1-3H3,(H,13,16)(H,14,17). The highest BCUT2D eigenvalue weighted by molar-refractivity contribution is 5.94. The van der Waals surface area contributed by atoms with Gasteiger partial charge in [-0.15, -0.1) is 0 Å². The molecule has 0 spiro atoms. The highest BCUT2D eigenvalue weighted by Gasteiger charge is 2.17. The molecule has 1 rings (SSSR count). The summed E-state index contributed by atoms with van der Waals surface area (Å²) in [5, 5.41) is 11.7. The third kappa shape index (κ3) is 3.42. The van der Waals surface area contributed by atoms with Crippen molar-refractivity contribution in [3.05, 3.63) is 33.7 Å². The van der Waals surface area contributed by atoms with Crippen LogP contribution in [0.3, 0.4) is 0 Å². The van der Waals surface area contributed by atoms with E-state index in [1.807, 2.05) is 13.8 Å². The molecule has 0 saturated heterocycles. The number of aliphatic hydroxyl groups is 1. The summed E-state index contributed by atoms with van der Waals surface area (Å²) >= 11 is 0. The number of hydrogen-bond acceptors (Lipinski definition) is 3. The maximum absolute atomic E-state index is 11.8. The van der Waals surface area contributed by atoms with E-state index < -0.39 is 11.5 Å². The third-order valence-corrected chi connectivity index (χ3v) is 2.62. The molecule has 0 fully saturated rings. The average molecular weight is 238 g/mol. The van der Waals surface area contributed by atoms with E-state index in [0.29, 0.717) is 5.69 Å². The molecule has 17 heavy (non-hydrogen) atoms. The average Bonchev–Trinajstić information content (AvgIpc) is 2.24. The Hall–Kier alpha value is -1.62. The fourth-order valence-electron chi connectivity index (χ4n) is 1.42. The molecule has 1 heterocycles. The Morgan fingerprint density at radius 3 is 2.59 bits per heavy atom. The Bertz CT molecular complexity index is 451. The first-order chi connectivity index (χ1) is 7.95. The third-order valence-electron chi connectivity index (χ3n) is 2.62. The molecule has 0 aliphatic carbocycles. The Morgan fingerprint density at radius 1 is 1.47 bits per heavy atom. The van der Waals surface area contributed by atoms with Gasteiger partial charge in [0.25, 0.3) is 11.5 Å². The van der Waals surface area contributed by atoms with Crippen LogP contribution in [0, 0.1) is 12.8 Å². The fourth-order valence-corrected chi connectivity index (χ4v) is 1.42. The Balaban J connectivity index is 2.86. The van der Waals surface area contributed by atoms with Gasteiger partial charge in [-0.25, -0.2) is 0 Å². The van der Waals surface area contributed by atoms with Gasteiger partial charge >= 0.3 is 0 Å². The van der Waals surface area contributed by atoms with E-state index >= 15 is 0 Å². The summed E-state index contributed by atoms with van der Waals surface area (Å²) in [6, 6.07) is 2.81. The van der Waals surface area contributed by atoms with Crippen LogP contribution < -0.4 is 10.9 Å². The van der Waals surface area contributed by atoms with Crippen molar-refractivity contribution in [2.24, 2.45) is 5.92 Å². The number of H-pyrrole nitrogens is 1. The van der Waals surface area contributed by atoms with E-state index in [2.05, 4.69) is 10.3 Å². The van der Waals surface area contributed by atoms with Gasteiger partial charge in [-0.05, 0) is 25.0 Å². The zero-order valence-corrected chi connectivity index (χ0v) is 10.3. The number of hydrogen-bond donors (Lipinski definition) is 3. The van der Waals surface area contributed by atoms with Crippen molar-refractivity contribution < 1.29 is 9.90 Å². The summed E-state index contributed by atoms with van der Waals surface area (Å²) in [6.45, 7) is 5.38. The van der Waals surface area contributed by atoms with Crippen LogP contribution in [0.25, 0.3) is 0 Å². The van der Waals surface area contributed by atoms with Crippen molar-refractivity contribution in [1.29, 1.82) is 0 Å². The molecule has 0 radical (unpaired) electrons. The number of aryl methyl sites for hydroxylation is 1. The van der Waals surface area contributed by atoms with Gasteiger partial charge in [0.05, 0.1) is 12.6 Å². The number of amides is 1. The SMILES string of the molecule is Cc1ccc(C(=O)NC(CO)C(C)C)c(=O)[nH]1. The summed E-state index contributed by atoms with van der Waals surface area (Å²) in [6.07, 6.45) is 0. The minimum absolute atomic E-state index is 0.0645. The van der Waals surface area contributed by atoms with E-state index in [9.17, 15) is 9.59 Å². The molecule has 5 heteroatoms. The quantitative estimate of drug-likeness (QED) is 0.711. The van der Waals surface area contributed by atoms with Crippen LogP contribution in [0.4, 0.5) is 0 Å². The van der Waals surface area contributed by atoms with Crippen molar-refractivity contribution in [3.8, 4) is 0 Å². The van der Waals surface area contributed by atoms with Crippen LogP contribution >= 0.6 is 0 Å². The van der Waals surface area contributed by atoms with Gasteiger partial charge in [0.1, 0.15) is 5.56 Å². The predicted octanol–water partition coefficient (Wildman–Crippen LogP) is 0.430. The van der Waals surface area contributed by atoms with Gasteiger partial charge in [-0.3, -0.25) is 9.59 Å². The number of aromatic amines is 1. The largest absolute Gasteiger partial charge is 0.394 e. The number of carbonyl (C=O) groups is 1. The Labute approximate surface area is 99.9 Å². The van der Waals surface area contributed by atoms with Gasteiger partial charge in [-0.2, -0.15) is 0 Å². The Morgan fingerprint density at radius 2 is 2.12 bits per heavy atom. The number of pyridine rings is 1. The molecule has 5 nitrogen and oxygen atoms in total. The number of rotatable bonds is 4. The second-order valence-corrected chi connectivity index (χ2v) is 4.39. The zero-order chi connectivity index (χ0) is 13.0. The Kier molecular flexibility index (Phi) is 4.45. The van der Waals surface area contributed by atoms with Gasteiger partial charge in [0, 0.05) is 5.69 Å². The lowest BCUT2D eigenvalue weighted by Gasteiger charge is -2.19. The lowest BCUT2D eigenvalue weighted by Crippen LogP contribution is -2.42. The van der Waals surface area contributed by atoms with Crippen molar-refractivity contribution in [2.45, 2.75) is 26.8 Å². The molecule has 1 aromatic rings. The van der Waals surface area contributed by atoms with Crippen LogP contribution in [-0.4, -0.2) is 28.6 Å². The monoisotopic (exact) mass is 238 g/mol. The first kappa shape index (κ1) is 13.4. The van der Waals surface area contributed by atoms with Crippen LogP contribution in [0.5, 0.6) is 0 Å². The number of carbonyl (C=O) groups excluding carboxylic acids is 1. The molecule has 0 aliphatic heterocycles.